The van der Waals surface area contributed by atoms with Gasteiger partial charge in [0.15, 0.2) is 5.57 Å². The summed E-state index contributed by atoms with van der Waals surface area (Å²) in [7, 11) is 0. The van der Waals surface area contributed by atoms with Crippen LogP contribution in [0.2, 0.25) is 0 Å². The second-order valence-electron chi connectivity index (χ2n) is 8.44. The number of benzene rings is 3. The number of nitrogens with one attached hydrogen (secondary N) is 1. The first-order valence-corrected chi connectivity index (χ1v) is 12.9. The lowest BCUT2D eigenvalue weighted by atomic mass is 10.1. The Morgan fingerprint density at radius 3 is 2.26 bits per heavy atom. The van der Waals surface area contributed by atoms with Gasteiger partial charge in [0.05, 0.1) is 10.2 Å². The van der Waals surface area contributed by atoms with E-state index in [4.69, 9.17) is 4.42 Å². The van der Waals surface area contributed by atoms with Crippen molar-refractivity contribution in [3.05, 3.63) is 134 Å². The highest BCUT2D eigenvalue weighted by Gasteiger charge is 2.17. The number of nitrogens with zero attached hydrogens (tertiary/aromatic N) is 2. The number of hydrogen-bond acceptors (Lipinski definition) is 5. The third-order valence-electron chi connectivity index (χ3n) is 5.89. The van der Waals surface area contributed by atoms with E-state index in [1.54, 1.807) is 36.4 Å². The average molecular weight is 518 g/mol. The van der Waals surface area contributed by atoms with Gasteiger partial charge < -0.3 is 9.73 Å². The van der Waals surface area contributed by atoms with E-state index in [2.05, 4.69) is 5.32 Å². The number of carbonyl (C=O) groups excluding carboxylic acids is 1. The van der Waals surface area contributed by atoms with Crippen molar-refractivity contribution in [2.75, 3.05) is 6.54 Å². The summed E-state index contributed by atoms with van der Waals surface area (Å²) in [4.78, 5) is 26.6. The molecule has 2 aromatic heterocycles. The van der Waals surface area contributed by atoms with Gasteiger partial charge in [-0.3, -0.25) is 14.2 Å². The molecular formula is C31H23N3O3S. The van der Waals surface area contributed by atoms with Crippen LogP contribution in [-0.2, 0) is 11.2 Å². The maximum Gasteiger partial charge on any atom is 0.273 e. The van der Waals surface area contributed by atoms with Crippen LogP contribution in [0.15, 0.2) is 112 Å². The second-order valence-corrected chi connectivity index (χ2v) is 9.47. The lowest BCUT2D eigenvalue weighted by Gasteiger charge is -2.06. The number of carbonyl (C=O) groups is 1. The molecule has 0 saturated carbocycles. The highest BCUT2D eigenvalue weighted by molar-refractivity contribution is 7.07. The number of para-hydroxylation sites is 1. The fourth-order valence-corrected chi connectivity index (χ4v) is 5.11. The van der Waals surface area contributed by atoms with Crippen molar-refractivity contribution in [2.45, 2.75) is 6.42 Å². The van der Waals surface area contributed by atoms with Gasteiger partial charge in [-0.05, 0) is 36.2 Å². The maximum atomic E-state index is 13.6. The Balaban J connectivity index is 1.56. The van der Waals surface area contributed by atoms with Gasteiger partial charge in [0.2, 0.25) is 0 Å². The summed E-state index contributed by atoms with van der Waals surface area (Å²) in [6, 6.07) is 34.1. The maximum absolute atomic E-state index is 13.6. The minimum absolute atomic E-state index is 0.118. The molecule has 5 rings (SSSR count). The van der Waals surface area contributed by atoms with E-state index in [-0.39, 0.29) is 15.8 Å². The van der Waals surface area contributed by atoms with E-state index in [9.17, 15) is 14.9 Å². The molecule has 1 N–H and O–H groups in total. The molecule has 186 valence electrons. The van der Waals surface area contributed by atoms with Gasteiger partial charge in [-0.15, -0.1) is 11.3 Å². The Morgan fingerprint density at radius 1 is 0.921 bits per heavy atom. The molecule has 6 nitrogen and oxygen atoms in total. The van der Waals surface area contributed by atoms with Gasteiger partial charge in [0.25, 0.3) is 11.5 Å². The van der Waals surface area contributed by atoms with Crippen LogP contribution >= 0.6 is 11.3 Å². The molecule has 0 aliphatic carbocycles. The smallest absolute Gasteiger partial charge is 0.273 e. The minimum atomic E-state index is -0.523. The zero-order chi connectivity index (χ0) is 26.3. The molecule has 0 atom stereocenters. The lowest BCUT2D eigenvalue weighted by Crippen LogP contribution is -2.34. The minimum Gasteiger partial charge on any atom is -0.457 e. The molecule has 1 amide bonds. The van der Waals surface area contributed by atoms with Crippen LogP contribution in [0.25, 0.3) is 28.7 Å². The molecule has 0 aliphatic heterocycles. The van der Waals surface area contributed by atoms with Crippen molar-refractivity contribution >= 4 is 28.9 Å². The second kappa shape index (κ2) is 11.4. The Kier molecular flexibility index (Phi) is 7.44. The Bertz CT molecular complexity index is 1780. The molecule has 5 aromatic rings. The largest absolute Gasteiger partial charge is 0.457 e. The SMILES string of the molecule is N#CC(C(=O)NCCc1ccccc1)=c1sc(=Cc2ccc(-c3ccccc3)o2)c(=O)n1-c1ccccc1. The van der Waals surface area contributed by atoms with Crippen LogP contribution in [0.3, 0.4) is 0 Å². The summed E-state index contributed by atoms with van der Waals surface area (Å²) < 4.78 is 7.99. The standard InChI is InChI=1S/C31H23N3O3S/c32-21-26(29(35)33-19-18-22-10-4-1-5-11-22)31-34(24-14-8-3-9-15-24)30(36)28(38-31)20-25-16-17-27(37-25)23-12-6-2-7-13-23/h1-17,20H,18-19H2,(H,33,35). The third-order valence-corrected chi connectivity index (χ3v) is 6.98. The van der Waals surface area contributed by atoms with Crippen LogP contribution in [0.5, 0.6) is 0 Å². The van der Waals surface area contributed by atoms with Crippen molar-refractivity contribution in [1.82, 2.24) is 9.88 Å². The Labute approximate surface area is 223 Å². The zero-order valence-electron chi connectivity index (χ0n) is 20.3. The zero-order valence-corrected chi connectivity index (χ0v) is 21.2. The summed E-state index contributed by atoms with van der Waals surface area (Å²) in [5, 5.41) is 12.8. The predicted molar refractivity (Wildman–Crippen MR) is 149 cm³/mol. The first-order chi connectivity index (χ1) is 18.6. The topological polar surface area (TPSA) is 88.0 Å². The van der Waals surface area contributed by atoms with Gasteiger partial charge in [-0.25, -0.2) is 0 Å². The van der Waals surface area contributed by atoms with Crippen LogP contribution in [0, 0.1) is 11.3 Å². The molecule has 0 unspecified atom stereocenters. The van der Waals surface area contributed by atoms with E-state index < -0.39 is 5.91 Å². The highest BCUT2D eigenvalue weighted by Crippen LogP contribution is 2.22. The molecule has 7 heteroatoms. The van der Waals surface area contributed by atoms with Crippen LogP contribution in [0.1, 0.15) is 11.3 Å². The number of furan rings is 1. The first-order valence-electron chi connectivity index (χ1n) is 12.0. The summed E-state index contributed by atoms with van der Waals surface area (Å²) >= 11 is 1.09. The van der Waals surface area contributed by atoms with Crippen LogP contribution < -0.4 is 20.1 Å². The molecule has 2 heterocycles. The van der Waals surface area contributed by atoms with Crippen LogP contribution in [0.4, 0.5) is 0 Å². The van der Waals surface area contributed by atoms with Crippen molar-refractivity contribution in [1.29, 1.82) is 5.26 Å². The van der Waals surface area contributed by atoms with Gasteiger partial charge in [-0.1, -0.05) is 78.9 Å². The quantitative estimate of drug-likeness (QED) is 0.353. The number of amides is 1. The highest BCUT2D eigenvalue weighted by atomic mass is 32.1. The van der Waals surface area contributed by atoms with Crippen molar-refractivity contribution in [3.63, 3.8) is 0 Å². The number of rotatable bonds is 7. The van der Waals surface area contributed by atoms with E-state index in [0.717, 1.165) is 22.5 Å². The van der Waals surface area contributed by atoms with Crippen molar-refractivity contribution in [3.8, 4) is 23.1 Å². The molecule has 0 fully saturated rings. The summed E-state index contributed by atoms with van der Waals surface area (Å²) in [6.45, 7) is 0.364. The summed E-state index contributed by atoms with van der Waals surface area (Å²) in [5.74, 6) is 0.657. The number of thiazole rings is 1. The van der Waals surface area contributed by atoms with Gasteiger partial charge in [0, 0.05) is 18.2 Å². The number of nitriles is 1. The molecule has 0 radical (unpaired) electrons. The van der Waals surface area contributed by atoms with E-state index >= 15 is 0 Å². The van der Waals surface area contributed by atoms with E-state index in [1.165, 1.54) is 4.57 Å². The predicted octanol–water partition coefficient (Wildman–Crippen LogP) is 4.02. The third kappa shape index (κ3) is 5.41. The van der Waals surface area contributed by atoms with Crippen molar-refractivity contribution < 1.29 is 9.21 Å². The van der Waals surface area contributed by atoms with Gasteiger partial charge in [-0.2, -0.15) is 5.26 Å². The molecular weight excluding hydrogens is 494 g/mol. The fourth-order valence-electron chi connectivity index (χ4n) is 4.03. The Hall–Kier alpha value is -4.93. The van der Waals surface area contributed by atoms with E-state index in [0.29, 0.717) is 34.7 Å². The average Bonchev–Trinajstić information content (AvgIpc) is 3.55. The molecule has 38 heavy (non-hydrogen) atoms. The molecule has 0 spiro atoms. The number of hydrogen-bond donors (Lipinski definition) is 1. The number of aromatic nitrogens is 1. The van der Waals surface area contributed by atoms with Crippen LogP contribution in [-0.4, -0.2) is 17.0 Å². The Morgan fingerprint density at radius 2 is 1.58 bits per heavy atom. The lowest BCUT2D eigenvalue weighted by molar-refractivity contribution is -0.115. The van der Waals surface area contributed by atoms with Gasteiger partial charge >= 0.3 is 0 Å². The molecule has 0 saturated heterocycles. The monoisotopic (exact) mass is 517 g/mol. The molecule has 3 aromatic carbocycles. The summed E-state index contributed by atoms with van der Waals surface area (Å²) in [6.07, 6.45) is 2.27. The van der Waals surface area contributed by atoms with Gasteiger partial charge in [0.1, 0.15) is 22.3 Å². The first kappa shape index (κ1) is 24.8. The van der Waals surface area contributed by atoms with Crippen molar-refractivity contribution in [2.24, 2.45) is 0 Å². The summed E-state index contributed by atoms with van der Waals surface area (Å²) in [5.41, 5.74) is 2.12. The fraction of sp³-hybridized carbons (Fsp3) is 0.0645. The normalized spacial score (nSPS) is 12.1. The molecule has 0 bridgehead atoms. The van der Waals surface area contributed by atoms with E-state index in [1.807, 2.05) is 78.9 Å². The molecule has 0 aliphatic rings.